The highest BCUT2D eigenvalue weighted by Gasteiger charge is 2.20. The highest BCUT2D eigenvalue weighted by atomic mass is 16.5. The van der Waals surface area contributed by atoms with E-state index in [4.69, 9.17) is 9.47 Å². The first kappa shape index (κ1) is 17.6. The average Bonchev–Trinajstić information content (AvgIpc) is 2.55. The largest absolute Gasteiger partial charge is 0.490 e. The molecule has 1 aromatic carbocycles. The minimum absolute atomic E-state index is 0.267. The summed E-state index contributed by atoms with van der Waals surface area (Å²) in [6, 6.07) is 5.97. The summed E-state index contributed by atoms with van der Waals surface area (Å²) < 4.78 is 11.2. The van der Waals surface area contributed by atoms with Crippen molar-refractivity contribution < 1.29 is 14.3 Å². The molecule has 1 heterocycles. The van der Waals surface area contributed by atoms with Gasteiger partial charge in [-0.3, -0.25) is 4.79 Å². The summed E-state index contributed by atoms with van der Waals surface area (Å²) in [6.45, 7) is 9.19. The number of aryl methyl sites for hydroxylation is 1. The van der Waals surface area contributed by atoms with Crippen molar-refractivity contribution in [1.29, 1.82) is 0 Å². The van der Waals surface area contributed by atoms with Gasteiger partial charge in [0.15, 0.2) is 11.5 Å². The number of carbonyl (C=O) groups excluding carboxylic acids is 1. The Bertz CT molecular complexity index is 515. The molecule has 0 radical (unpaired) electrons. The van der Waals surface area contributed by atoms with Gasteiger partial charge in [0.05, 0.1) is 13.2 Å². The topological polar surface area (TPSA) is 38.8 Å². The van der Waals surface area contributed by atoms with E-state index in [0.29, 0.717) is 25.6 Å². The lowest BCUT2D eigenvalue weighted by molar-refractivity contribution is -0.132. The number of carbonyl (C=O) groups is 1. The molecule has 1 aromatic rings. The van der Waals surface area contributed by atoms with Crippen molar-refractivity contribution in [2.75, 3.05) is 26.3 Å². The molecule has 0 spiro atoms. The first-order valence-electron chi connectivity index (χ1n) is 8.80. The van der Waals surface area contributed by atoms with E-state index in [2.05, 4.69) is 6.92 Å². The Balaban J connectivity index is 1.94. The highest BCUT2D eigenvalue weighted by Crippen LogP contribution is 2.29. The van der Waals surface area contributed by atoms with E-state index >= 15 is 0 Å². The molecule has 0 aromatic heterocycles. The second-order valence-electron chi connectivity index (χ2n) is 6.23. The van der Waals surface area contributed by atoms with Gasteiger partial charge >= 0.3 is 0 Å². The van der Waals surface area contributed by atoms with Crippen LogP contribution < -0.4 is 9.47 Å². The molecule has 1 aliphatic rings. The Morgan fingerprint density at radius 3 is 2.65 bits per heavy atom. The maximum absolute atomic E-state index is 12.4. The van der Waals surface area contributed by atoms with Gasteiger partial charge in [-0.25, -0.2) is 0 Å². The molecular weight excluding hydrogens is 290 g/mol. The van der Waals surface area contributed by atoms with Crippen LogP contribution in [0.4, 0.5) is 0 Å². The van der Waals surface area contributed by atoms with Crippen LogP contribution >= 0.6 is 0 Å². The monoisotopic (exact) mass is 319 g/mol. The van der Waals surface area contributed by atoms with E-state index in [9.17, 15) is 4.79 Å². The number of ether oxygens (including phenoxy) is 2. The lowest BCUT2D eigenvalue weighted by atomic mass is 9.99. The van der Waals surface area contributed by atoms with Crippen molar-refractivity contribution >= 4 is 5.91 Å². The zero-order valence-electron chi connectivity index (χ0n) is 14.6. The second kappa shape index (κ2) is 8.80. The molecule has 23 heavy (non-hydrogen) atoms. The minimum Gasteiger partial charge on any atom is -0.490 e. The molecule has 1 aliphatic heterocycles. The van der Waals surface area contributed by atoms with E-state index in [1.54, 1.807) is 0 Å². The number of rotatable bonds is 7. The quantitative estimate of drug-likeness (QED) is 0.769. The first-order valence-corrected chi connectivity index (χ1v) is 8.80. The third-order valence-corrected chi connectivity index (χ3v) is 4.25. The van der Waals surface area contributed by atoms with Crippen LogP contribution in [0.25, 0.3) is 0 Å². The zero-order valence-corrected chi connectivity index (χ0v) is 14.6. The number of hydrogen-bond acceptors (Lipinski definition) is 3. The summed E-state index contributed by atoms with van der Waals surface area (Å²) in [5, 5.41) is 0. The van der Waals surface area contributed by atoms with Crippen LogP contribution in [0, 0.1) is 5.92 Å². The summed E-state index contributed by atoms with van der Waals surface area (Å²) >= 11 is 0. The molecule has 2 rings (SSSR count). The lowest BCUT2D eigenvalue weighted by Gasteiger charge is -2.31. The van der Waals surface area contributed by atoms with Gasteiger partial charge in [0.25, 0.3) is 0 Å². The lowest BCUT2D eigenvalue weighted by Crippen LogP contribution is -2.39. The molecule has 0 bridgehead atoms. The molecule has 0 aliphatic carbocycles. The fourth-order valence-electron chi connectivity index (χ4n) is 3.08. The summed E-state index contributed by atoms with van der Waals surface area (Å²) in [6.07, 6.45) is 3.67. The molecule has 128 valence electrons. The van der Waals surface area contributed by atoms with Gasteiger partial charge in [0, 0.05) is 19.5 Å². The van der Waals surface area contributed by atoms with Crippen LogP contribution in [0.2, 0.25) is 0 Å². The highest BCUT2D eigenvalue weighted by molar-refractivity contribution is 5.76. The van der Waals surface area contributed by atoms with Gasteiger partial charge in [-0.2, -0.15) is 0 Å². The molecule has 1 saturated heterocycles. The standard InChI is InChI=1S/C19H29NO3/c1-4-22-17-10-8-16(13-18(17)23-5-2)9-11-19(21)20-12-6-7-15(3)14-20/h8,10,13,15H,4-7,9,11-12,14H2,1-3H3/t15-/m0/s1. The average molecular weight is 319 g/mol. The molecule has 0 unspecified atom stereocenters. The number of hydrogen-bond donors (Lipinski definition) is 0. The fraction of sp³-hybridized carbons (Fsp3) is 0.632. The second-order valence-corrected chi connectivity index (χ2v) is 6.23. The van der Waals surface area contributed by atoms with Gasteiger partial charge in [0.1, 0.15) is 0 Å². The third kappa shape index (κ3) is 5.15. The van der Waals surface area contributed by atoms with E-state index in [-0.39, 0.29) is 5.91 Å². The molecule has 4 nitrogen and oxygen atoms in total. The first-order chi connectivity index (χ1) is 11.1. The van der Waals surface area contributed by atoms with E-state index in [1.807, 2.05) is 36.9 Å². The molecular formula is C19H29NO3. The molecule has 1 amide bonds. The summed E-state index contributed by atoms with van der Waals surface area (Å²) in [7, 11) is 0. The zero-order chi connectivity index (χ0) is 16.7. The van der Waals surface area contributed by atoms with Crippen LogP contribution in [0.15, 0.2) is 18.2 Å². The summed E-state index contributed by atoms with van der Waals surface area (Å²) in [5.74, 6) is 2.44. The smallest absolute Gasteiger partial charge is 0.222 e. The Morgan fingerprint density at radius 2 is 1.96 bits per heavy atom. The normalized spacial score (nSPS) is 17.9. The fourth-order valence-corrected chi connectivity index (χ4v) is 3.08. The maximum atomic E-state index is 12.4. The van der Waals surface area contributed by atoms with Crippen molar-refractivity contribution in [2.45, 2.75) is 46.5 Å². The van der Waals surface area contributed by atoms with Crippen molar-refractivity contribution in [3.05, 3.63) is 23.8 Å². The molecule has 1 atom stereocenters. The Morgan fingerprint density at radius 1 is 1.22 bits per heavy atom. The summed E-state index contributed by atoms with van der Waals surface area (Å²) in [5.41, 5.74) is 1.12. The molecule has 4 heteroatoms. The number of likely N-dealkylation sites (tertiary alicyclic amines) is 1. The third-order valence-electron chi connectivity index (χ3n) is 4.25. The van der Waals surface area contributed by atoms with E-state index < -0.39 is 0 Å². The van der Waals surface area contributed by atoms with Gasteiger partial charge < -0.3 is 14.4 Å². The van der Waals surface area contributed by atoms with Crippen molar-refractivity contribution in [3.63, 3.8) is 0 Å². The van der Waals surface area contributed by atoms with Crippen molar-refractivity contribution in [1.82, 2.24) is 4.90 Å². The minimum atomic E-state index is 0.267. The van der Waals surface area contributed by atoms with Crippen LogP contribution in [-0.2, 0) is 11.2 Å². The predicted molar refractivity (Wildman–Crippen MR) is 92.1 cm³/mol. The van der Waals surface area contributed by atoms with E-state index in [0.717, 1.165) is 43.0 Å². The van der Waals surface area contributed by atoms with Crippen molar-refractivity contribution in [3.8, 4) is 11.5 Å². The number of nitrogens with zero attached hydrogens (tertiary/aromatic N) is 1. The van der Waals surface area contributed by atoms with Crippen LogP contribution in [-0.4, -0.2) is 37.1 Å². The number of benzene rings is 1. The number of piperidine rings is 1. The predicted octanol–water partition coefficient (Wildman–Crippen LogP) is 3.68. The summed E-state index contributed by atoms with van der Waals surface area (Å²) in [4.78, 5) is 14.4. The molecule has 0 saturated carbocycles. The molecule has 1 fully saturated rings. The maximum Gasteiger partial charge on any atom is 0.222 e. The van der Waals surface area contributed by atoms with Gasteiger partial charge in [-0.15, -0.1) is 0 Å². The van der Waals surface area contributed by atoms with Crippen molar-refractivity contribution in [2.24, 2.45) is 5.92 Å². The Kier molecular flexibility index (Phi) is 6.75. The number of amides is 1. The van der Waals surface area contributed by atoms with Crippen LogP contribution in [0.5, 0.6) is 11.5 Å². The van der Waals surface area contributed by atoms with Gasteiger partial charge in [-0.1, -0.05) is 13.0 Å². The van der Waals surface area contributed by atoms with E-state index in [1.165, 1.54) is 6.42 Å². The SMILES string of the molecule is CCOc1ccc(CCC(=O)N2CCC[C@H](C)C2)cc1OCC. The molecule has 0 N–H and O–H groups in total. The van der Waals surface area contributed by atoms with Crippen LogP contribution in [0.3, 0.4) is 0 Å². The van der Waals surface area contributed by atoms with Gasteiger partial charge in [-0.05, 0) is 56.7 Å². The Hall–Kier alpha value is -1.71. The Labute approximate surface area is 139 Å². The van der Waals surface area contributed by atoms with Gasteiger partial charge in [0.2, 0.25) is 5.91 Å². The van der Waals surface area contributed by atoms with Crippen LogP contribution in [0.1, 0.15) is 45.6 Å².